The number of hydrogen-bond acceptors (Lipinski definition) is 2. The number of ether oxygens (including phenoxy) is 2. The van der Waals surface area contributed by atoms with E-state index in [9.17, 15) is 61.5 Å². The maximum absolute atomic E-state index is 13.3. The Morgan fingerprint density at radius 3 is 1.16 bits per heavy atom. The van der Waals surface area contributed by atoms with Gasteiger partial charge in [-0.3, -0.25) is 4.74 Å². The lowest BCUT2D eigenvalue weighted by molar-refractivity contribution is -0.541. The Morgan fingerprint density at radius 1 is 0.560 bits per heavy atom. The molecule has 1 unspecified atom stereocenters. The van der Waals surface area contributed by atoms with Gasteiger partial charge in [0.2, 0.25) is 0 Å². The zero-order chi connectivity index (χ0) is 20.9. The zero-order valence-corrected chi connectivity index (χ0v) is 12.7. The fourth-order valence-corrected chi connectivity index (χ4v) is 0.921. The molecule has 0 heterocycles. The Balaban J connectivity index is 6.13. The second kappa shape index (κ2) is 6.40. The van der Waals surface area contributed by atoms with Crippen molar-refractivity contribution in [2.24, 2.45) is 0 Å². The Bertz CT molecular complexity index is 481. The highest BCUT2D eigenvalue weighted by Crippen LogP contribution is 2.55. The first-order valence-electron chi connectivity index (χ1n) is 4.84. The summed E-state index contributed by atoms with van der Waals surface area (Å²) >= 11 is 4.20. The molecule has 25 heavy (non-hydrogen) atoms. The van der Waals surface area contributed by atoms with Crippen LogP contribution in [0.25, 0.3) is 0 Å². The lowest BCUT2D eigenvalue weighted by Gasteiger charge is -2.38. The topological polar surface area (TPSA) is 18.5 Å². The smallest absolute Gasteiger partial charge is 0.262 e. The van der Waals surface area contributed by atoms with Gasteiger partial charge < -0.3 is 0 Å². The molecule has 0 radical (unpaired) electrons. The van der Waals surface area contributed by atoms with Crippen molar-refractivity contribution in [3.05, 3.63) is 0 Å². The molecular weight excluding hydrogens is 497 g/mol. The van der Waals surface area contributed by atoms with Crippen LogP contribution in [0, 0.1) is 0 Å². The summed E-state index contributed by atoms with van der Waals surface area (Å²) in [6.07, 6.45) is -28.4. The summed E-state index contributed by atoms with van der Waals surface area (Å²) < 4.78 is 178. The first-order valence-corrected chi connectivity index (χ1v) is 6.01. The van der Waals surface area contributed by atoms with Crippen LogP contribution < -0.4 is 0 Å². The van der Waals surface area contributed by atoms with Gasteiger partial charge in [-0.1, -0.05) is 0 Å². The van der Waals surface area contributed by atoms with Crippen molar-refractivity contribution in [2.75, 3.05) is 0 Å². The molecule has 0 fully saturated rings. The maximum Gasteiger partial charge on any atom is 0.458 e. The summed E-state index contributed by atoms with van der Waals surface area (Å²) in [4.78, 5) is -5.93. The normalized spacial score (nSPS) is 18.2. The molecule has 18 heteroatoms. The second-order valence-corrected chi connectivity index (χ2v) is 5.31. The van der Waals surface area contributed by atoms with Crippen molar-refractivity contribution < 1.29 is 70.9 Å². The zero-order valence-electron chi connectivity index (χ0n) is 10.4. The average Bonchev–Trinajstić information content (AvgIpc) is 2.21. The summed E-state index contributed by atoms with van der Waals surface area (Å²) in [5.74, 6) is -7.44. The monoisotopic (exact) mass is 496 g/mol. The van der Waals surface area contributed by atoms with E-state index in [2.05, 4.69) is 11.6 Å². The molecule has 0 aliphatic heterocycles. The van der Waals surface area contributed by atoms with Gasteiger partial charge >= 0.3 is 40.6 Å². The maximum atomic E-state index is 13.3. The molecule has 0 aromatic carbocycles. The van der Waals surface area contributed by atoms with Gasteiger partial charge in [0.1, 0.15) is 0 Å². The molecule has 1 atom stereocenters. The lowest BCUT2D eigenvalue weighted by atomic mass is 10.2. The lowest BCUT2D eigenvalue weighted by Crippen LogP contribution is -2.64. The van der Waals surface area contributed by atoms with E-state index in [1.165, 1.54) is 0 Å². The molecular formula is C7BrClF14O2. The molecule has 0 saturated carbocycles. The van der Waals surface area contributed by atoms with E-state index in [0.29, 0.717) is 15.9 Å². The fourth-order valence-electron chi connectivity index (χ4n) is 0.801. The first-order chi connectivity index (χ1) is 10.4. The SMILES string of the molecule is FC(F)(F)C(F)(OC(F)(F)C(F)(F)Br)C(F)(F)OC(F)(F)C(F)(F)Cl. The van der Waals surface area contributed by atoms with Crippen LogP contribution >= 0.6 is 27.5 Å². The van der Waals surface area contributed by atoms with E-state index in [1.54, 1.807) is 9.47 Å². The number of alkyl halides is 16. The second-order valence-electron chi connectivity index (χ2n) is 3.84. The Kier molecular flexibility index (Phi) is 6.33. The van der Waals surface area contributed by atoms with E-state index in [1.807, 2.05) is 0 Å². The van der Waals surface area contributed by atoms with Crippen molar-refractivity contribution in [1.29, 1.82) is 0 Å². The average molecular weight is 497 g/mol. The largest absolute Gasteiger partial charge is 0.458 e. The molecule has 0 rings (SSSR count). The van der Waals surface area contributed by atoms with Crippen LogP contribution in [0.4, 0.5) is 61.5 Å². The van der Waals surface area contributed by atoms with Gasteiger partial charge in [0, 0.05) is 15.9 Å². The van der Waals surface area contributed by atoms with Gasteiger partial charge in [0.25, 0.3) is 0 Å². The highest BCUT2D eigenvalue weighted by atomic mass is 79.9. The van der Waals surface area contributed by atoms with Crippen LogP contribution in [0.5, 0.6) is 0 Å². The fraction of sp³-hybridized carbons (Fsp3) is 1.00. The molecule has 0 saturated heterocycles. The van der Waals surface area contributed by atoms with E-state index < -0.39 is 40.6 Å². The van der Waals surface area contributed by atoms with Crippen molar-refractivity contribution in [3.63, 3.8) is 0 Å². The summed E-state index contributed by atoms with van der Waals surface area (Å²) in [5.41, 5.74) is 0. The predicted molar refractivity (Wildman–Crippen MR) is 51.6 cm³/mol. The van der Waals surface area contributed by atoms with Crippen LogP contribution in [0.1, 0.15) is 0 Å². The molecule has 0 amide bonds. The minimum Gasteiger partial charge on any atom is -0.262 e. The van der Waals surface area contributed by atoms with E-state index in [4.69, 9.17) is 0 Å². The Labute approximate surface area is 140 Å². The Hall–Kier alpha value is -0.290. The van der Waals surface area contributed by atoms with E-state index in [-0.39, 0.29) is 0 Å². The summed E-state index contributed by atoms with van der Waals surface area (Å²) in [6, 6.07) is 0. The number of hydrogen-bond donors (Lipinski definition) is 0. The third-order valence-corrected chi connectivity index (χ3v) is 2.61. The minimum atomic E-state index is -7.46. The Morgan fingerprint density at radius 2 is 0.920 bits per heavy atom. The van der Waals surface area contributed by atoms with Gasteiger partial charge in [-0.2, -0.15) is 61.5 Å². The number of halogens is 16. The molecule has 0 N–H and O–H groups in total. The molecule has 0 aliphatic carbocycles. The highest BCUT2D eigenvalue weighted by Gasteiger charge is 2.82. The van der Waals surface area contributed by atoms with Gasteiger partial charge in [-0.05, 0) is 11.6 Å². The molecule has 0 aromatic rings. The molecule has 0 aliphatic rings. The van der Waals surface area contributed by atoms with Crippen LogP contribution in [0.2, 0.25) is 0 Å². The van der Waals surface area contributed by atoms with E-state index in [0.717, 1.165) is 0 Å². The molecule has 0 spiro atoms. The minimum absolute atomic E-state index is 0.662. The van der Waals surface area contributed by atoms with Crippen molar-refractivity contribution >= 4 is 27.5 Å². The first kappa shape index (κ1) is 24.7. The molecule has 2 nitrogen and oxygen atoms in total. The summed E-state index contributed by atoms with van der Waals surface area (Å²) in [5, 5.41) is -6.19. The number of rotatable bonds is 7. The van der Waals surface area contributed by atoms with Gasteiger partial charge in [0.05, 0.1) is 0 Å². The molecule has 152 valence electrons. The van der Waals surface area contributed by atoms with Crippen molar-refractivity contribution in [3.8, 4) is 0 Å². The third-order valence-electron chi connectivity index (χ3n) is 1.92. The predicted octanol–water partition coefficient (Wildman–Crippen LogP) is 5.85. The van der Waals surface area contributed by atoms with Crippen molar-refractivity contribution in [2.45, 2.75) is 40.6 Å². The van der Waals surface area contributed by atoms with Crippen LogP contribution in [-0.4, -0.2) is 40.6 Å². The van der Waals surface area contributed by atoms with E-state index >= 15 is 0 Å². The summed E-state index contributed by atoms with van der Waals surface area (Å²) in [7, 11) is 0. The molecule has 0 bridgehead atoms. The van der Waals surface area contributed by atoms with Gasteiger partial charge in [0.15, 0.2) is 0 Å². The third kappa shape index (κ3) is 4.91. The van der Waals surface area contributed by atoms with Crippen LogP contribution in [0.3, 0.4) is 0 Å². The quantitative estimate of drug-likeness (QED) is 0.325. The van der Waals surface area contributed by atoms with Crippen LogP contribution in [-0.2, 0) is 9.47 Å². The standard InChI is InChI=1S/C7BrClF14O2/c8-2(11,12)6(20,21)24-1(10,4(15,16)17)5(18,19)25-7(22,23)3(9,13)14. The van der Waals surface area contributed by atoms with Gasteiger partial charge in [-0.15, -0.1) is 0 Å². The molecule has 0 aromatic heterocycles. The summed E-state index contributed by atoms with van der Waals surface area (Å²) in [6.45, 7) is 0. The van der Waals surface area contributed by atoms with Crippen molar-refractivity contribution in [1.82, 2.24) is 0 Å². The van der Waals surface area contributed by atoms with Crippen LogP contribution in [0.15, 0.2) is 0 Å². The highest BCUT2D eigenvalue weighted by molar-refractivity contribution is 9.10. The van der Waals surface area contributed by atoms with Gasteiger partial charge in [-0.25, -0.2) is 4.74 Å².